The zero-order valence-electron chi connectivity index (χ0n) is 20.4. The predicted octanol–water partition coefficient (Wildman–Crippen LogP) is 6.66. The molecule has 0 saturated carbocycles. The molecular weight excluding hydrogens is 354 g/mol. The minimum atomic E-state index is 0.456. The van der Waals surface area contributed by atoms with Crippen LogP contribution in [-0.2, 0) is 6.54 Å². The summed E-state index contributed by atoms with van der Waals surface area (Å²) in [5.74, 6) is 0.863. The first-order valence-electron chi connectivity index (χ1n) is 12.2. The summed E-state index contributed by atoms with van der Waals surface area (Å²) in [5, 5.41) is 11.1. The van der Waals surface area contributed by atoms with Crippen molar-refractivity contribution in [1.82, 2.24) is 10.6 Å². The van der Waals surface area contributed by atoms with Gasteiger partial charge >= 0.3 is 0 Å². The van der Waals surface area contributed by atoms with Crippen LogP contribution in [-0.4, -0.2) is 25.2 Å². The maximum atomic E-state index is 3.99. The zero-order valence-corrected chi connectivity index (χ0v) is 20.4. The van der Waals surface area contributed by atoms with Gasteiger partial charge in [-0.25, -0.2) is 0 Å². The number of anilines is 1. The van der Waals surface area contributed by atoms with Gasteiger partial charge in [0.2, 0.25) is 0 Å². The summed E-state index contributed by atoms with van der Waals surface area (Å²) in [4.78, 5) is 0. The van der Waals surface area contributed by atoms with Crippen LogP contribution in [0.1, 0.15) is 97.1 Å². The lowest BCUT2D eigenvalue weighted by molar-refractivity contribution is 0.319. The van der Waals surface area contributed by atoms with E-state index < -0.39 is 0 Å². The van der Waals surface area contributed by atoms with Crippen LogP contribution in [0.25, 0.3) is 0 Å². The average Bonchev–Trinajstić information content (AvgIpc) is 2.68. The molecule has 3 heteroatoms. The van der Waals surface area contributed by atoms with Crippen molar-refractivity contribution in [2.75, 3.05) is 12.4 Å². The van der Waals surface area contributed by atoms with E-state index in [-0.39, 0.29) is 0 Å². The highest BCUT2D eigenvalue weighted by Gasteiger charge is 2.18. The molecule has 3 nitrogen and oxygen atoms in total. The van der Waals surface area contributed by atoms with Crippen molar-refractivity contribution in [3.63, 3.8) is 0 Å². The number of hydrogen-bond acceptors (Lipinski definition) is 3. The second kappa shape index (κ2) is 14.8. The smallest absolute Gasteiger partial charge is 0.0375 e. The lowest BCUT2D eigenvalue weighted by atomic mass is 9.92. The highest BCUT2D eigenvalue weighted by Crippen LogP contribution is 2.22. The minimum absolute atomic E-state index is 0.456. The summed E-state index contributed by atoms with van der Waals surface area (Å²) in [6.45, 7) is 14.8. The molecule has 0 saturated heterocycles. The fourth-order valence-electron chi connectivity index (χ4n) is 4.56. The average molecular weight is 404 g/mol. The third-order valence-electron chi connectivity index (χ3n) is 6.24. The number of unbranched alkanes of at least 4 members (excludes halogenated alkanes) is 1. The Labute approximate surface area is 181 Å². The van der Waals surface area contributed by atoms with E-state index in [4.69, 9.17) is 0 Å². The van der Waals surface area contributed by atoms with Crippen molar-refractivity contribution in [2.24, 2.45) is 5.92 Å². The molecule has 0 bridgehead atoms. The van der Waals surface area contributed by atoms with E-state index in [0.717, 1.165) is 12.5 Å². The Morgan fingerprint density at radius 3 is 2.31 bits per heavy atom. The van der Waals surface area contributed by atoms with Crippen molar-refractivity contribution < 1.29 is 0 Å². The van der Waals surface area contributed by atoms with E-state index >= 15 is 0 Å². The van der Waals surface area contributed by atoms with Gasteiger partial charge in [-0.2, -0.15) is 0 Å². The van der Waals surface area contributed by atoms with Gasteiger partial charge in [-0.1, -0.05) is 65.0 Å². The van der Waals surface area contributed by atoms with Gasteiger partial charge in [0, 0.05) is 30.4 Å². The summed E-state index contributed by atoms with van der Waals surface area (Å²) in [7, 11) is 2.01. The van der Waals surface area contributed by atoms with Gasteiger partial charge in [-0.05, 0) is 70.2 Å². The molecule has 0 fully saturated rings. The maximum Gasteiger partial charge on any atom is 0.0375 e. The zero-order chi connectivity index (χ0) is 21.6. The standard InChI is InChI=1S/C26H49N3/c1-8-11-15-25(28-20(4)17-23(10-3)13-9-2)18-21(5)29-26-16-12-14-24(19-27-7)22(26)6/h12,14,16,20-21,23,25,27-29H,8-11,13,15,17-19H2,1-7H3. The van der Waals surface area contributed by atoms with Crippen molar-refractivity contribution >= 4 is 5.69 Å². The fraction of sp³-hybridized carbons (Fsp3) is 0.769. The third kappa shape index (κ3) is 10.00. The molecule has 0 heterocycles. The molecule has 0 spiro atoms. The number of rotatable bonds is 16. The van der Waals surface area contributed by atoms with Crippen molar-refractivity contribution in [1.29, 1.82) is 0 Å². The Morgan fingerprint density at radius 2 is 1.69 bits per heavy atom. The molecule has 4 unspecified atom stereocenters. The predicted molar refractivity (Wildman–Crippen MR) is 131 cm³/mol. The SMILES string of the molecule is CCCCC(CC(C)Nc1cccc(CNC)c1C)NC(C)CC(CC)CCC. The highest BCUT2D eigenvalue weighted by molar-refractivity contribution is 5.54. The van der Waals surface area contributed by atoms with Gasteiger partial charge in [-0.15, -0.1) is 0 Å². The Balaban J connectivity index is 2.68. The topological polar surface area (TPSA) is 36.1 Å². The summed E-state index contributed by atoms with van der Waals surface area (Å²) in [6.07, 6.45) is 10.3. The Hall–Kier alpha value is -1.06. The maximum absolute atomic E-state index is 3.99. The monoisotopic (exact) mass is 403 g/mol. The van der Waals surface area contributed by atoms with E-state index in [1.54, 1.807) is 0 Å². The van der Waals surface area contributed by atoms with Crippen molar-refractivity contribution in [2.45, 2.75) is 118 Å². The molecular formula is C26H49N3. The van der Waals surface area contributed by atoms with Crippen molar-refractivity contribution in [3.05, 3.63) is 29.3 Å². The molecule has 1 aromatic carbocycles. The Bertz CT molecular complexity index is 543. The normalized spacial score (nSPS) is 15.7. The van der Waals surface area contributed by atoms with Crippen LogP contribution < -0.4 is 16.0 Å². The number of nitrogens with one attached hydrogen (secondary N) is 3. The molecule has 4 atom stereocenters. The van der Waals surface area contributed by atoms with E-state index in [9.17, 15) is 0 Å². The first-order chi connectivity index (χ1) is 13.9. The second-order valence-corrected chi connectivity index (χ2v) is 9.11. The third-order valence-corrected chi connectivity index (χ3v) is 6.24. The molecule has 0 aromatic heterocycles. The lowest BCUT2D eigenvalue weighted by Gasteiger charge is -2.29. The Kier molecular flexibility index (Phi) is 13.3. The van der Waals surface area contributed by atoms with Crippen LogP contribution >= 0.6 is 0 Å². The first kappa shape index (κ1) is 26.0. The van der Waals surface area contributed by atoms with Crippen LogP contribution in [0, 0.1) is 12.8 Å². The molecule has 0 aliphatic heterocycles. The van der Waals surface area contributed by atoms with Crippen molar-refractivity contribution in [3.8, 4) is 0 Å². The highest BCUT2D eigenvalue weighted by atomic mass is 15.0. The molecule has 3 N–H and O–H groups in total. The summed E-state index contributed by atoms with van der Waals surface area (Å²) in [5.41, 5.74) is 4.02. The molecule has 0 aliphatic rings. The van der Waals surface area contributed by atoms with Crippen LogP contribution in [0.5, 0.6) is 0 Å². The largest absolute Gasteiger partial charge is 0.382 e. The van der Waals surface area contributed by atoms with Crippen LogP contribution in [0.2, 0.25) is 0 Å². The summed E-state index contributed by atoms with van der Waals surface area (Å²) in [6, 6.07) is 8.25. The summed E-state index contributed by atoms with van der Waals surface area (Å²) >= 11 is 0. The van der Waals surface area contributed by atoms with Gasteiger partial charge in [0.25, 0.3) is 0 Å². The van der Waals surface area contributed by atoms with E-state index in [0.29, 0.717) is 18.1 Å². The molecule has 0 amide bonds. The summed E-state index contributed by atoms with van der Waals surface area (Å²) < 4.78 is 0. The number of benzene rings is 1. The van der Waals surface area contributed by atoms with Gasteiger partial charge in [0.1, 0.15) is 0 Å². The lowest BCUT2D eigenvalue weighted by Crippen LogP contribution is -2.40. The Morgan fingerprint density at radius 1 is 0.931 bits per heavy atom. The van der Waals surface area contributed by atoms with Gasteiger partial charge in [0.15, 0.2) is 0 Å². The molecule has 0 aliphatic carbocycles. The van der Waals surface area contributed by atoms with E-state index in [2.05, 4.69) is 75.7 Å². The van der Waals surface area contributed by atoms with E-state index in [1.165, 1.54) is 68.2 Å². The molecule has 168 valence electrons. The molecule has 0 radical (unpaired) electrons. The first-order valence-corrected chi connectivity index (χ1v) is 12.2. The van der Waals surface area contributed by atoms with E-state index in [1.807, 2.05) is 7.05 Å². The quantitative estimate of drug-likeness (QED) is 0.289. The molecule has 1 rings (SSSR count). The van der Waals surface area contributed by atoms with Crippen LogP contribution in [0.4, 0.5) is 5.69 Å². The fourth-order valence-corrected chi connectivity index (χ4v) is 4.56. The van der Waals surface area contributed by atoms with Crippen LogP contribution in [0.15, 0.2) is 18.2 Å². The number of hydrogen-bond donors (Lipinski definition) is 3. The van der Waals surface area contributed by atoms with Gasteiger partial charge in [-0.3, -0.25) is 0 Å². The minimum Gasteiger partial charge on any atom is -0.382 e. The van der Waals surface area contributed by atoms with Crippen LogP contribution in [0.3, 0.4) is 0 Å². The second-order valence-electron chi connectivity index (χ2n) is 9.11. The van der Waals surface area contributed by atoms with Gasteiger partial charge < -0.3 is 16.0 Å². The molecule has 29 heavy (non-hydrogen) atoms. The molecule has 1 aromatic rings. The van der Waals surface area contributed by atoms with Gasteiger partial charge in [0.05, 0.1) is 0 Å².